The number of para-hydroxylation sites is 3. The van der Waals surface area contributed by atoms with E-state index in [0.29, 0.717) is 0 Å². The molecule has 212 valence electrons. The van der Waals surface area contributed by atoms with Crippen molar-refractivity contribution in [2.45, 2.75) is 0 Å². The maximum absolute atomic E-state index is 5.39. The Morgan fingerprint density at radius 3 is 2.15 bits per heavy atom. The van der Waals surface area contributed by atoms with Crippen molar-refractivity contribution >= 4 is 102 Å². The first-order valence-electron chi connectivity index (χ1n) is 15.7. The summed E-state index contributed by atoms with van der Waals surface area (Å²) in [5.74, 6) is 0.899. The number of aromatic nitrogens is 4. The number of fused-ring (bicyclic) bond motifs is 6. The Hall–Kier alpha value is -5.91. The fourth-order valence-electron chi connectivity index (χ4n) is 8.32. The lowest BCUT2D eigenvalue weighted by Crippen LogP contribution is -2.05. The molecule has 0 saturated heterocycles. The molecule has 0 fully saturated rings. The number of nitrogens with zero attached hydrogens (tertiary/aromatic N) is 4. The second kappa shape index (κ2) is 8.02. The Balaban J connectivity index is 1.33. The van der Waals surface area contributed by atoms with Gasteiger partial charge in [-0.3, -0.25) is 9.13 Å². The van der Waals surface area contributed by atoms with E-state index >= 15 is 0 Å². The fourth-order valence-corrected chi connectivity index (χ4v) is 9.43. The number of rotatable bonds is 2. The lowest BCUT2D eigenvalue weighted by molar-refractivity contribution is 0.957. The van der Waals surface area contributed by atoms with Crippen molar-refractivity contribution < 1.29 is 0 Å². The molecule has 0 radical (unpaired) electrons. The van der Waals surface area contributed by atoms with E-state index in [2.05, 4.69) is 147 Å². The molecule has 0 aliphatic carbocycles. The Labute approximate surface area is 265 Å². The normalized spacial score (nSPS) is 12.8. The molecular weight excluding hydrogens is 581 g/mol. The summed E-state index contributed by atoms with van der Waals surface area (Å²) in [4.78, 5) is 5.39. The maximum atomic E-state index is 5.39. The van der Waals surface area contributed by atoms with E-state index in [-0.39, 0.29) is 0 Å². The summed E-state index contributed by atoms with van der Waals surface area (Å²) in [5, 5.41) is 10.4. The van der Waals surface area contributed by atoms with E-state index in [0.717, 1.165) is 28.2 Å². The van der Waals surface area contributed by atoms with Crippen molar-refractivity contribution in [3.05, 3.63) is 133 Å². The lowest BCUT2D eigenvalue weighted by Gasteiger charge is -2.13. The van der Waals surface area contributed by atoms with Crippen molar-refractivity contribution in [3.8, 4) is 11.6 Å². The van der Waals surface area contributed by atoms with E-state index in [9.17, 15) is 0 Å². The zero-order chi connectivity index (χ0) is 29.7. The number of hydrogen-bond donors (Lipinski definition) is 0. The highest BCUT2D eigenvalue weighted by atomic mass is 32.1. The van der Waals surface area contributed by atoms with Gasteiger partial charge >= 0.3 is 0 Å². The van der Waals surface area contributed by atoms with Crippen molar-refractivity contribution in [3.63, 3.8) is 0 Å². The predicted octanol–water partition coefficient (Wildman–Crippen LogP) is 11.1. The van der Waals surface area contributed by atoms with E-state index in [1.165, 1.54) is 74.6 Å². The molecule has 5 heterocycles. The summed E-state index contributed by atoms with van der Waals surface area (Å²) >= 11 is 1.90. The van der Waals surface area contributed by atoms with Crippen LogP contribution in [0, 0.1) is 0 Å². The minimum Gasteiger partial charge on any atom is -0.308 e. The first-order valence-corrected chi connectivity index (χ1v) is 16.5. The summed E-state index contributed by atoms with van der Waals surface area (Å²) < 4.78 is 9.92. The van der Waals surface area contributed by atoms with E-state index < -0.39 is 0 Å². The third kappa shape index (κ3) is 2.67. The molecule has 7 aromatic carbocycles. The molecule has 5 heteroatoms. The van der Waals surface area contributed by atoms with E-state index in [4.69, 9.17) is 4.98 Å². The van der Waals surface area contributed by atoms with Crippen LogP contribution >= 0.6 is 11.3 Å². The van der Waals surface area contributed by atoms with Crippen LogP contribution in [-0.2, 0) is 0 Å². The molecular formula is C41H22N4S. The highest BCUT2D eigenvalue weighted by molar-refractivity contribution is 7.26. The van der Waals surface area contributed by atoms with Gasteiger partial charge in [0.05, 0.1) is 38.6 Å². The first kappa shape index (κ1) is 23.5. The summed E-state index contributed by atoms with van der Waals surface area (Å²) in [6.07, 6.45) is 0. The van der Waals surface area contributed by atoms with Gasteiger partial charge in [0.2, 0.25) is 5.95 Å². The maximum Gasteiger partial charge on any atom is 0.220 e. The summed E-state index contributed by atoms with van der Waals surface area (Å²) in [6.45, 7) is 0. The van der Waals surface area contributed by atoms with Gasteiger partial charge in [0.15, 0.2) is 0 Å². The smallest absolute Gasteiger partial charge is 0.220 e. The van der Waals surface area contributed by atoms with Crippen LogP contribution < -0.4 is 0 Å². The van der Waals surface area contributed by atoms with Crippen LogP contribution in [0.3, 0.4) is 0 Å². The Kier molecular flexibility index (Phi) is 4.09. The van der Waals surface area contributed by atoms with Crippen LogP contribution in [0.4, 0.5) is 0 Å². The lowest BCUT2D eigenvalue weighted by atomic mass is 10.0. The molecule has 12 rings (SSSR count). The average Bonchev–Trinajstić information content (AvgIpc) is 3.82. The minimum absolute atomic E-state index is 0.899. The van der Waals surface area contributed by atoms with Gasteiger partial charge in [0.1, 0.15) is 0 Å². The standard InChI is InChI=1S/C41H22N4S/c1-2-9-24-22-25(17-16-23(24)8-1)43-30-13-6-4-11-28(30)42-41(43)45-32-15-7-14-31-36(32)37-33(45)19-21-34-38(37)39-35(46-34)20-18-27-26-10-3-5-12-29(26)44(31)40(27)39/h1-22H. The highest BCUT2D eigenvalue weighted by Gasteiger charge is 2.27. The second-order valence-corrected chi connectivity index (χ2v) is 13.5. The molecule has 0 saturated carbocycles. The molecule has 0 unspecified atom stereocenters. The number of thiophene rings is 1. The van der Waals surface area contributed by atoms with Crippen molar-refractivity contribution in [2.24, 2.45) is 0 Å². The highest BCUT2D eigenvalue weighted by Crippen LogP contribution is 2.50. The molecule has 0 amide bonds. The Bertz CT molecular complexity index is 3200. The fraction of sp³-hybridized carbons (Fsp3) is 0. The summed E-state index contributed by atoms with van der Waals surface area (Å²) in [6, 6.07) is 48.7. The van der Waals surface area contributed by atoms with Gasteiger partial charge in [-0.15, -0.1) is 11.3 Å². The predicted molar refractivity (Wildman–Crippen MR) is 194 cm³/mol. The number of imidazole rings is 1. The average molecular weight is 603 g/mol. The molecule has 0 bridgehead atoms. The molecule has 0 atom stereocenters. The topological polar surface area (TPSA) is 27.2 Å². The number of benzene rings is 7. The second-order valence-electron chi connectivity index (χ2n) is 12.4. The van der Waals surface area contributed by atoms with Crippen LogP contribution in [0.15, 0.2) is 133 Å². The molecule has 5 aromatic heterocycles. The molecule has 0 aliphatic heterocycles. The van der Waals surface area contributed by atoms with Gasteiger partial charge in [-0.1, -0.05) is 72.8 Å². The third-order valence-corrected chi connectivity index (χ3v) is 11.3. The van der Waals surface area contributed by atoms with Crippen molar-refractivity contribution in [1.82, 2.24) is 18.5 Å². The zero-order valence-electron chi connectivity index (χ0n) is 24.4. The van der Waals surface area contributed by atoms with Crippen LogP contribution in [0.25, 0.3) is 103 Å². The third-order valence-electron chi connectivity index (χ3n) is 10.1. The molecule has 12 aromatic rings. The van der Waals surface area contributed by atoms with Gasteiger partial charge in [-0.25, -0.2) is 4.98 Å². The zero-order valence-corrected chi connectivity index (χ0v) is 25.2. The van der Waals surface area contributed by atoms with E-state index in [1.807, 2.05) is 11.3 Å². The largest absolute Gasteiger partial charge is 0.308 e. The van der Waals surface area contributed by atoms with Crippen LogP contribution in [0.5, 0.6) is 0 Å². The van der Waals surface area contributed by atoms with Gasteiger partial charge in [-0.05, 0) is 71.4 Å². The first-order chi connectivity index (χ1) is 22.8. The van der Waals surface area contributed by atoms with Gasteiger partial charge in [0, 0.05) is 47.4 Å². The van der Waals surface area contributed by atoms with Crippen molar-refractivity contribution in [1.29, 1.82) is 0 Å². The summed E-state index contributed by atoms with van der Waals surface area (Å²) in [7, 11) is 0. The Morgan fingerprint density at radius 2 is 1.20 bits per heavy atom. The molecule has 0 spiro atoms. The van der Waals surface area contributed by atoms with Crippen molar-refractivity contribution in [2.75, 3.05) is 0 Å². The van der Waals surface area contributed by atoms with Crippen LogP contribution in [-0.4, -0.2) is 18.5 Å². The minimum atomic E-state index is 0.899. The van der Waals surface area contributed by atoms with Gasteiger partial charge in [-0.2, -0.15) is 0 Å². The van der Waals surface area contributed by atoms with Gasteiger partial charge < -0.3 is 4.40 Å². The molecule has 4 nitrogen and oxygen atoms in total. The van der Waals surface area contributed by atoms with Crippen LogP contribution in [0.1, 0.15) is 0 Å². The molecule has 46 heavy (non-hydrogen) atoms. The molecule has 0 N–H and O–H groups in total. The van der Waals surface area contributed by atoms with Gasteiger partial charge in [0.25, 0.3) is 0 Å². The monoisotopic (exact) mass is 602 g/mol. The number of hydrogen-bond acceptors (Lipinski definition) is 2. The quantitative estimate of drug-likeness (QED) is 0.193. The van der Waals surface area contributed by atoms with E-state index in [1.54, 1.807) is 0 Å². The summed E-state index contributed by atoms with van der Waals surface area (Å²) in [5.41, 5.74) is 9.30. The molecule has 0 aliphatic rings. The Morgan fingerprint density at radius 1 is 0.457 bits per heavy atom. The SMILES string of the molecule is c1ccc2cc(-n3c(-n4c5ccc6sc7ccc8c9ccccc9n9c%10cccc4c%10c5c6c7c89)nc4ccccc43)ccc2c1. The van der Waals surface area contributed by atoms with Crippen LogP contribution in [0.2, 0.25) is 0 Å².